The highest BCUT2D eigenvalue weighted by atomic mass is 16.6. The summed E-state index contributed by atoms with van der Waals surface area (Å²) in [4.78, 5) is 23.2. The first-order chi connectivity index (χ1) is 9.41. The number of nitro groups is 1. The van der Waals surface area contributed by atoms with Crippen molar-refractivity contribution in [2.24, 2.45) is 0 Å². The summed E-state index contributed by atoms with van der Waals surface area (Å²) in [7, 11) is 1.52. The van der Waals surface area contributed by atoms with Crippen LogP contribution in [0.1, 0.15) is 23.4 Å². The summed E-state index contributed by atoms with van der Waals surface area (Å²) in [6.07, 6.45) is 0.895. The number of rotatable bonds is 4. The molecule has 20 heavy (non-hydrogen) atoms. The summed E-state index contributed by atoms with van der Waals surface area (Å²) in [5.41, 5.74) is -0.985. The lowest BCUT2D eigenvalue weighted by Crippen LogP contribution is -2.47. The van der Waals surface area contributed by atoms with E-state index in [0.29, 0.717) is 26.1 Å². The predicted molar refractivity (Wildman–Crippen MR) is 67.3 cm³/mol. The van der Waals surface area contributed by atoms with Gasteiger partial charge in [-0.1, -0.05) is 0 Å². The molecule has 2 rings (SSSR count). The number of nitrogens with zero attached hydrogens (tertiary/aromatic N) is 2. The second kappa shape index (κ2) is 5.59. The molecule has 8 heteroatoms. The van der Waals surface area contributed by atoms with Gasteiger partial charge in [0.25, 0.3) is 5.91 Å². The van der Waals surface area contributed by atoms with E-state index in [1.807, 2.05) is 0 Å². The molecule has 1 aliphatic heterocycles. The Hall–Kier alpha value is -1.93. The molecule has 1 aromatic heterocycles. The average Bonchev–Trinajstić information content (AvgIpc) is 2.87. The summed E-state index contributed by atoms with van der Waals surface area (Å²) in [5.74, 6) is -1.10. The second-order valence-corrected chi connectivity index (χ2v) is 4.89. The third kappa shape index (κ3) is 3.14. The van der Waals surface area contributed by atoms with E-state index in [1.165, 1.54) is 18.0 Å². The number of carbonyl (C=O) groups excluding carboxylic acids is 1. The van der Waals surface area contributed by atoms with E-state index in [0.717, 1.165) is 6.07 Å². The molecule has 0 aliphatic carbocycles. The van der Waals surface area contributed by atoms with Crippen LogP contribution in [0.3, 0.4) is 0 Å². The maximum Gasteiger partial charge on any atom is 0.433 e. The fourth-order valence-electron chi connectivity index (χ4n) is 2.15. The zero-order chi connectivity index (χ0) is 14.8. The molecule has 0 bridgehead atoms. The zero-order valence-corrected chi connectivity index (χ0v) is 11.1. The Kier molecular flexibility index (Phi) is 4.05. The molecule has 1 aliphatic rings. The summed E-state index contributed by atoms with van der Waals surface area (Å²) >= 11 is 0. The molecular weight excluding hydrogens is 268 g/mol. The lowest BCUT2D eigenvalue weighted by atomic mass is 9.94. The van der Waals surface area contributed by atoms with Gasteiger partial charge >= 0.3 is 5.88 Å². The molecule has 1 N–H and O–H groups in total. The van der Waals surface area contributed by atoms with Crippen LogP contribution in [0.15, 0.2) is 16.5 Å². The molecule has 110 valence electrons. The van der Waals surface area contributed by atoms with Gasteiger partial charge in [-0.05, 0) is 6.07 Å². The number of hydrogen-bond acceptors (Lipinski definition) is 6. The van der Waals surface area contributed by atoms with Crippen molar-refractivity contribution in [2.75, 3.05) is 26.8 Å². The molecule has 0 spiro atoms. The van der Waals surface area contributed by atoms with Crippen molar-refractivity contribution in [1.29, 1.82) is 0 Å². The summed E-state index contributed by atoms with van der Waals surface area (Å²) in [6.45, 7) is 1.03. The summed E-state index contributed by atoms with van der Waals surface area (Å²) in [5, 5.41) is 20.8. The number of hydrogen-bond donors (Lipinski definition) is 1. The Morgan fingerprint density at radius 1 is 1.50 bits per heavy atom. The highest BCUT2D eigenvalue weighted by Crippen LogP contribution is 2.23. The Morgan fingerprint density at radius 2 is 2.15 bits per heavy atom. The fraction of sp³-hybridized carbons (Fsp3) is 0.583. The molecule has 0 radical (unpaired) electrons. The van der Waals surface area contributed by atoms with E-state index < -0.39 is 22.3 Å². The Labute approximate surface area is 115 Å². The predicted octanol–water partition coefficient (Wildman–Crippen LogP) is 0.801. The molecule has 1 amide bonds. The largest absolute Gasteiger partial charge is 0.433 e. The third-order valence-corrected chi connectivity index (χ3v) is 3.28. The van der Waals surface area contributed by atoms with Gasteiger partial charge < -0.3 is 19.2 Å². The van der Waals surface area contributed by atoms with Gasteiger partial charge in [-0.3, -0.25) is 14.9 Å². The molecule has 0 aromatic carbocycles. The number of aliphatic hydroxyl groups is 1. The van der Waals surface area contributed by atoms with Crippen molar-refractivity contribution >= 4 is 11.8 Å². The van der Waals surface area contributed by atoms with Gasteiger partial charge in [-0.2, -0.15) is 0 Å². The van der Waals surface area contributed by atoms with E-state index in [2.05, 4.69) is 0 Å². The first kappa shape index (κ1) is 14.5. The van der Waals surface area contributed by atoms with Gasteiger partial charge in [0.15, 0.2) is 5.76 Å². The Balaban J connectivity index is 2.02. The zero-order valence-electron chi connectivity index (χ0n) is 11.1. The lowest BCUT2D eigenvalue weighted by molar-refractivity contribution is -0.402. The Bertz CT molecular complexity index is 506. The standard InChI is InChI=1S/C12H16N2O6/c1-13(8-12(16)4-6-19-7-5-12)11(15)9-2-3-10(20-9)14(17)18/h2-3,16H,4-8H2,1H3. The Morgan fingerprint density at radius 3 is 2.70 bits per heavy atom. The van der Waals surface area contributed by atoms with Gasteiger partial charge in [0.2, 0.25) is 0 Å². The minimum Gasteiger partial charge on any atom is -0.395 e. The van der Waals surface area contributed by atoms with Gasteiger partial charge in [-0.15, -0.1) is 0 Å². The number of amides is 1. The van der Waals surface area contributed by atoms with Crippen LogP contribution in [-0.4, -0.2) is 53.2 Å². The second-order valence-electron chi connectivity index (χ2n) is 4.89. The molecule has 1 aromatic rings. The maximum atomic E-state index is 12.1. The quantitative estimate of drug-likeness (QED) is 0.647. The van der Waals surface area contributed by atoms with Crippen LogP contribution in [0.2, 0.25) is 0 Å². The minimum absolute atomic E-state index is 0.116. The number of furan rings is 1. The molecular formula is C12H16N2O6. The van der Waals surface area contributed by atoms with Crippen LogP contribution in [-0.2, 0) is 4.74 Å². The van der Waals surface area contributed by atoms with E-state index >= 15 is 0 Å². The van der Waals surface area contributed by atoms with E-state index in [9.17, 15) is 20.0 Å². The van der Waals surface area contributed by atoms with Gasteiger partial charge in [0, 0.05) is 39.6 Å². The highest BCUT2D eigenvalue weighted by molar-refractivity contribution is 5.91. The van der Waals surface area contributed by atoms with E-state index in [1.54, 1.807) is 0 Å². The lowest BCUT2D eigenvalue weighted by Gasteiger charge is -2.35. The van der Waals surface area contributed by atoms with Crippen LogP contribution in [0.4, 0.5) is 5.88 Å². The first-order valence-electron chi connectivity index (χ1n) is 6.21. The number of carbonyl (C=O) groups is 1. The monoisotopic (exact) mass is 284 g/mol. The molecule has 2 heterocycles. The smallest absolute Gasteiger partial charge is 0.395 e. The molecule has 0 atom stereocenters. The van der Waals surface area contributed by atoms with Gasteiger partial charge in [0.1, 0.15) is 4.92 Å². The molecule has 1 fully saturated rings. The average molecular weight is 284 g/mol. The molecule has 0 unspecified atom stereocenters. The van der Waals surface area contributed by atoms with Crippen LogP contribution in [0, 0.1) is 10.1 Å². The molecule has 1 saturated heterocycles. The summed E-state index contributed by atoms with van der Waals surface area (Å²) < 4.78 is 10.0. The van der Waals surface area contributed by atoms with Crippen LogP contribution >= 0.6 is 0 Å². The van der Waals surface area contributed by atoms with Crippen molar-refractivity contribution in [2.45, 2.75) is 18.4 Å². The SMILES string of the molecule is CN(CC1(O)CCOCC1)C(=O)c1ccc([N+](=O)[O-])o1. The highest BCUT2D eigenvalue weighted by Gasteiger charge is 2.33. The van der Waals surface area contributed by atoms with Gasteiger partial charge in [0.05, 0.1) is 11.7 Å². The van der Waals surface area contributed by atoms with Crippen LogP contribution in [0.25, 0.3) is 0 Å². The topological polar surface area (TPSA) is 106 Å². The van der Waals surface area contributed by atoms with Crippen LogP contribution in [0.5, 0.6) is 0 Å². The minimum atomic E-state index is -0.985. The number of likely N-dealkylation sites (N-methyl/N-ethyl adjacent to an activating group) is 1. The fourth-order valence-corrected chi connectivity index (χ4v) is 2.15. The molecule has 8 nitrogen and oxygen atoms in total. The normalized spacial score (nSPS) is 17.7. The van der Waals surface area contributed by atoms with Crippen molar-refractivity contribution in [3.63, 3.8) is 0 Å². The van der Waals surface area contributed by atoms with E-state index in [4.69, 9.17) is 9.15 Å². The van der Waals surface area contributed by atoms with Crippen molar-refractivity contribution < 1.29 is 24.0 Å². The molecule has 0 saturated carbocycles. The first-order valence-corrected chi connectivity index (χ1v) is 6.21. The van der Waals surface area contributed by atoms with Gasteiger partial charge in [-0.25, -0.2) is 0 Å². The number of ether oxygens (including phenoxy) is 1. The van der Waals surface area contributed by atoms with Crippen molar-refractivity contribution in [3.8, 4) is 0 Å². The maximum absolute atomic E-state index is 12.1. The third-order valence-electron chi connectivity index (χ3n) is 3.28. The van der Waals surface area contributed by atoms with Crippen molar-refractivity contribution in [1.82, 2.24) is 4.90 Å². The van der Waals surface area contributed by atoms with Crippen molar-refractivity contribution in [3.05, 3.63) is 28.0 Å². The van der Waals surface area contributed by atoms with E-state index in [-0.39, 0.29) is 12.3 Å². The summed E-state index contributed by atoms with van der Waals surface area (Å²) in [6, 6.07) is 2.38. The van der Waals surface area contributed by atoms with Crippen LogP contribution < -0.4 is 0 Å².